The van der Waals surface area contributed by atoms with Gasteiger partial charge in [-0.3, -0.25) is 9.69 Å². The summed E-state index contributed by atoms with van der Waals surface area (Å²) in [6, 6.07) is 8.19. The monoisotopic (exact) mass is 380 g/mol. The van der Waals surface area contributed by atoms with Crippen molar-refractivity contribution in [2.75, 3.05) is 26.7 Å². The SMILES string of the molecule is COc1ccccc1CN1CCc2nc(C3CCCN(C(C)=O)C3)ncc2C1. The third kappa shape index (κ3) is 4.02. The fourth-order valence-electron chi connectivity index (χ4n) is 4.27. The Hall–Kier alpha value is -2.47. The average Bonchev–Trinajstić information content (AvgIpc) is 2.74. The van der Waals surface area contributed by atoms with Gasteiger partial charge in [0.1, 0.15) is 11.6 Å². The number of piperidine rings is 1. The van der Waals surface area contributed by atoms with Crippen molar-refractivity contribution in [3.63, 3.8) is 0 Å². The number of amides is 1. The molecule has 1 aromatic carbocycles. The molecular formula is C22H28N4O2. The summed E-state index contributed by atoms with van der Waals surface area (Å²) in [5, 5.41) is 0. The van der Waals surface area contributed by atoms with E-state index < -0.39 is 0 Å². The Morgan fingerprint density at radius 1 is 1.29 bits per heavy atom. The highest BCUT2D eigenvalue weighted by atomic mass is 16.5. The van der Waals surface area contributed by atoms with Gasteiger partial charge in [0.15, 0.2) is 0 Å². The van der Waals surface area contributed by atoms with E-state index in [0.717, 1.165) is 63.6 Å². The number of ether oxygens (including phenoxy) is 1. The summed E-state index contributed by atoms with van der Waals surface area (Å²) in [4.78, 5) is 25.6. The van der Waals surface area contributed by atoms with E-state index in [9.17, 15) is 4.79 Å². The molecule has 1 saturated heterocycles. The van der Waals surface area contributed by atoms with Crippen molar-refractivity contribution in [3.05, 3.63) is 53.1 Å². The van der Waals surface area contributed by atoms with Gasteiger partial charge in [0.05, 0.1) is 7.11 Å². The molecule has 0 saturated carbocycles. The first-order valence-electron chi connectivity index (χ1n) is 10.1. The Morgan fingerprint density at radius 2 is 2.14 bits per heavy atom. The maximum atomic E-state index is 11.7. The quantitative estimate of drug-likeness (QED) is 0.816. The molecule has 2 aliphatic rings. The molecule has 1 amide bonds. The second-order valence-corrected chi connectivity index (χ2v) is 7.78. The van der Waals surface area contributed by atoms with Gasteiger partial charge in [-0.05, 0) is 18.9 Å². The average molecular weight is 380 g/mol. The third-order valence-corrected chi connectivity index (χ3v) is 5.85. The number of carbonyl (C=O) groups excluding carboxylic acids is 1. The first-order chi connectivity index (χ1) is 13.6. The number of rotatable bonds is 4. The zero-order valence-corrected chi connectivity index (χ0v) is 16.7. The second kappa shape index (κ2) is 8.27. The van der Waals surface area contributed by atoms with Crippen LogP contribution in [0.5, 0.6) is 5.75 Å². The van der Waals surface area contributed by atoms with Crippen LogP contribution in [0, 0.1) is 0 Å². The number of hydrogen-bond acceptors (Lipinski definition) is 5. The van der Waals surface area contributed by atoms with E-state index in [4.69, 9.17) is 9.72 Å². The van der Waals surface area contributed by atoms with Crippen molar-refractivity contribution >= 4 is 5.91 Å². The summed E-state index contributed by atoms with van der Waals surface area (Å²) < 4.78 is 5.49. The minimum Gasteiger partial charge on any atom is -0.496 e. The Labute approximate surface area is 166 Å². The van der Waals surface area contributed by atoms with Crippen molar-refractivity contribution in [3.8, 4) is 5.75 Å². The van der Waals surface area contributed by atoms with Gasteiger partial charge in [-0.15, -0.1) is 0 Å². The maximum Gasteiger partial charge on any atom is 0.219 e. The van der Waals surface area contributed by atoms with Gasteiger partial charge in [0.25, 0.3) is 0 Å². The minimum atomic E-state index is 0.148. The summed E-state index contributed by atoms with van der Waals surface area (Å²) in [6.07, 6.45) is 5.02. The van der Waals surface area contributed by atoms with Crippen molar-refractivity contribution in [1.82, 2.24) is 19.8 Å². The van der Waals surface area contributed by atoms with Crippen LogP contribution in [-0.2, 0) is 24.3 Å². The first-order valence-corrected chi connectivity index (χ1v) is 10.1. The number of fused-ring (bicyclic) bond motifs is 1. The van der Waals surface area contributed by atoms with E-state index >= 15 is 0 Å². The number of hydrogen-bond donors (Lipinski definition) is 0. The van der Waals surface area contributed by atoms with Gasteiger partial charge in [-0.1, -0.05) is 18.2 Å². The summed E-state index contributed by atoms with van der Waals surface area (Å²) in [7, 11) is 1.72. The summed E-state index contributed by atoms with van der Waals surface area (Å²) in [5.74, 6) is 2.25. The number of likely N-dealkylation sites (tertiary alicyclic amines) is 1. The van der Waals surface area contributed by atoms with Crippen LogP contribution in [0.2, 0.25) is 0 Å². The molecule has 1 atom stereocenters. The molecular weight excluding hydrogens is 352 g/mol. The Balaban J connectivity index is 1.45. The lowest BCUT2D eigenvalue weighted by molar-refractivity contribution is -0.130. The van der Waals surface area contributed by atoms with Crippen molar-refractivity contribution in [2.45, 2.75) is 45.2 Å². The normalized spacial score (nSPS) is 19.9. The largest absolute Gasteiger partial charge is 0.496 e. The van der Waals surface area contributed by atoms with Crippen molar-refractivity contribution in [1.29, 1.82) is 0 Å². The molecule has 1 unspecified atom stereocenters. The highest BCUT2D eigenvalue weighted by molar-refractivity contribution is 5.73. The number of para-hydroxylation sites is 1. The molecule has 148 valence electrons. The molecule has 28 heavy (non-hydrogen) atoms. The predicted octanol–water partition coefficient (Wildman–Crippen LogP) is 2.77. The minimum absolute atomic E-state index is 0.148. The highest BCUT2D eigenvalue weighted by Gasteiger charge is 2.26. The topological polar surface area (TPSA) is 58.6 Å². The predicted molar refractivity (Wildman–Crippen MR) is 107 cm³/mol. The highest BCUT2D eigenvalue weighted by Crippen LogP contribution is 2.27. The van der Waals surface area contributed by atoms with E-state index in [-0.39, 0.29) is 11.8 Å². The Kier molecular flexibility index (Phi) is 5.57. The molecule has 0 spiro atoms. The molecule has 1 aromatic heterocycles. The van der Waals surface area contributed by atoms with Gasteiger partial charge in [0.2, 0.25) is 5.91 Å². The van der Waals surface area contributed by atoms with Crippen LogP contribution in [0.3, 0.4) is 0 Å². The van der Waals surface area contributed by atoms with E-state index in [1.807, 2.05) is 23.2 Å². The van der Waals surface area contributed by atoms with E-state index in [1.165, 1.54) is 16.8 Å². The number of carbonyl (C=O) groups is 1. The molecule has 2 aliphatic heterocycles. The molecule has 1 fully saturated rings. The van der Waals surface area contributed by atoms with Crippen molar-refractivity contribution in [2.24, 2.45) is 0 Å². The lowest BCUT2D eigenvalue weighted by Crippen LogP contribution is -2.38. The van der Waals surface area contributed by atoms with Gasteiger partial charge >= 0.3 is 0 Å². The lowest BCUT2D eigenvalue weighted by Gasteiger charge is -2.32. The van der Waals surface area contributed by atoms with Crippen molar-refractivity contribution < 1.29 is 9.53 Å². The Bertz CT molecular complexity index is 854. The van der Waals surface area contributed by atoms with E-state index in [2.05, 4.69) is 22.0 Å². The van der Waals surface area contributed by atoms with Gasteiger partial charge < -0.3 is 9.64 Å². The molecule has 0 radical (unpaired) electrons. The summed E-state index contributed by atoms with van der Waals surface area (Å²) in [6.45, 7) is 5.94. The maximum absolute atomic E-state index is 11.7. The number of methoxy groups -OCH3 is 1. The molecule has 0 N–H and O–H groups in total. The summed E-state index contributed by atoms with van der Waals surface area (Å²) in [5.41, 5.74) is 3.59. The molecule has 6 heteroatoms. The first kappa shape index (κ1) is 18.9. The van der Waals surface area contributed by atoms with Crippen LogP contribution in [0.15, 0.2) is 30.5 Å². The fourth-order valence-corrected chi connectivity index (χ4v) is 4.27. The van der Waals surface area contributed by atoms with Crippen LogP contribution in [0.25, 0.3) is 0 Å². The third-order valence-electron chi connectivity index (χ3n) is 5.85. The van der Waals surface area contributed by atoms with Crippen LogP contribution >= 0.6 is 0 Å². The van der Waals surface area contributed by atoms with Gasteiger partial charge in [0, 0.05) is 75.0 Å². The lowest BCUT2D eigenvalue weighted by atomic mass is 9.96. The fraction of sp³-hybridized carbons (Fsp3) is 0.500. The summed E-state index contributed by atoms with van der Waals surface area (Å²) >= 11 is 0. The van der Waals surface area contributed by atoms with E-state index in [1.54, 1.807) is 14.0 Å². The van der Waals surface area contributed by atoms with Gasteiger partial charge in [-0.2, -0.15) is 0 Å². The smallest absolute Gasteiger partial charge is 0.219 e. The number of benzene rings is 1. The van der Waals surface area contributed by atoms with Crippen LogP contribution in [0.4, 0.5) is 0 Å². The Morgan fingerprint density at radius 3 is 2.96 bits per heavy atom. The zero-order valence-electron chi connectivity index (χ0n) is 16.7. The molecule has 3 heterocycles. The molecule has 4 rings (SSSR count). The van der Waals surface area contributed by atoms with Crippen LogP contribution in [0.1, 0.15) is 48.3 Å². The van der Waals surface area contributed by atoms with Gasteiger partial charge in [-0.25, -0.2) is 9.97 Å². The molecule has 6 nitrogen and oxygen atoms in total. The molecule has 2 aromatic rings. The second-order valence-electron chi connectivity index (χ2n) is 7.78. The molecule has 0 aliphatic carbocycles. The number of aromatic nitrogens is 2. The zero-order chi connectivity index (χ0) is 19.5. The molecule has 0 bridgehead atoms. The van der Waals surface area contributed by atoms with Crippen LogP contribution in [-0.4, -0.2) is 52.4 Å². The number of nitrogens with zero attached hydrogens (tertiary/aromatic N) is 4. The van der Waals surface area contributed by atoms with Crippen LogP contribution < -0.4 is 4.74 Å². The standard InChI is InChI=1S/C22H28N4O2/c1-16(27)26-10-5-7-18(15-26)22-23-12-19-14-25(11-9-20(19)24-22)13-17-6-3-4-8-21(17)28-2/h3-4,6,8,12,18H,5,7,9-11,13-15H2,1-2H3. The van der Waals surface area contributed by atoms with E-state index in [0.29, 0.717) is 0 Å².